The minimum atomic E-state index is -0.786. The van der Waals surface area contributed by atoms with Crippen LogP contribution in [0.25, 0.3) is 0 Å². The van der Waals surface area contributed by atoms with Gasteiger partial charge in [-0.1, -0.05) is 6.58 Å². The number of piperazine rings is 1. The number of likely N-dealkylation sites (tertiary alicyclic amines) is 1. The van der Waals surface area contributed by atoms with E-state index in [1.807, 2.05) is 18.2 Å². The molecule has 12 heteroatoms. The molecule has 0 bridgehead atoms. The number of nitrogens with two attached hydrogens (primary N) is 1. The molecule has 3 saturated heterocycles. The maximum atomic E-state index is 12.2. The lowest BCUT2D eigenvalue weighted by Gasteiger charge is -2.42. The maximum Gasteiger partial charge on any atom is 0.271 e. The summed E-state index contributed by atoms with van der Waals surface area (Å²) in [7, 11) is 2.19. The van der Waals surface area contributed by atoms with E-state index in [2.05, 4.69) is 61.1 Å². The Morgan fingerprint density at radius 1 is 1.02 bits per heavy atom. The highest BCUT2D eigenvalue weighted by Gasteiger charge is 2.28. The summed E-state index contributed by atoms with van der Waals surface area (Å²) in [6, 6.07) is 10.5. The van der Waals surface area contributed by atoms with Crippen molar-refractivity contribution in [3.05, 3.63) is 48.3 Å². The summed E-state index contributed by atoms with van der Waals surface area (Å²) in [6.07, 6.45) is 4.28. The first-order valence-corrected chi connectivity index (χ1v) is 14.2. The van der Waals surface area contributed by atoms with E-state index in [9.17, 15) is 14.9 Å². The number of piperidine rings is 1. The van der Waals surface area contributed by atoms with Crippen molar-refractivity contribution in [1.82, 2.24) is 24.7 Å². The molecular weight excluding hydrogens is 520 g/mol. The van der Waals surface area contributed by atoms with Gasteiger partial charge in [0.15, 0.2) is 23.0 Å². The van der Waals surface area contributed by atoms with E-state index < -0.39 is 5.91 Å². The van der Waals surface area contributed by atoms with Crippen LogP contribution in [0.3, 0.4) is 0 Å². The molecule has 2 amide bonds. The molecular formula is C29H38N10O2. The number of carbonyl (C=O) groups is 2. The topological polar surface area (TPSA) is 147 Å². The highest BCUT2D eigenvalue weighted by molar-refractivity contribution is 5.96. The zero-order valence-corrected chi connectivity index (χ0v) is 23.6. The molecule has 0 spiro atoms. The lowest BCUT2D eigenvalue weighted by Crippen LogP contribution is -2.52. The number of likely N-dealkylation sites (N-methyl/N-ethyl adjacent to an activating group) is 1. The number of hydrogen-bond acceptors (Lipinski definition) is 10. The second kappa shape index (κ2) is 12.5. The molecule has 1 aromatic heterocycles. The molecule has 0 radical (unpaired) electrons. The van der Waals surface area contributed by atoms with E-state index in [0.717, 1.165) is 63.5 Å². The van der Waals surface area contributed by atoms with Gasteiger partial charge in [0.2, 0.25) is 5.91 Å². The van der Waals surface area contributed by atoms with Gasteiger partial charge >= 0.3 is 0 Å². The van der Waals surface area contributed by atoms with Crippen molar-refractivity contribution >= 4 is 34.8 Å². The number of nitriles is 1. The molecule has 0 saturated carbocycles. The number of nitrogens with one attached hydrogen (secondary N) is 2. The van der Waals surface area contributed by atoms with Crippen LogP contribution >= 0.6 is 0 Å². The van der Waals surface area contributed by atoms with Gasteiger partial charge in [-0.25, -0.2) is 9.97 Å². The van der Waals surface area contributed by atoms with Gasteiger partial charge in [-0.3, -0.25) is 14.5 Å². The first kappa shape index (κ1) is 28.3. The van der Waals surface area contributed by atoms with Gasteiger partial charge in [0.25, 0.3) is 5.91 Å². The van der Waals surface area contributed by atoms with Crippen LogP contribution in [-0.4, -0.2) is 108 Å². The van der Waals surface area contributed by atoms with E-state index in [0.29, 0.717) is 25.6 Å². The van der Waals surface area contributed by atoms with E-state index in [1.165, 1.54) is 6.08 Å². The van der Waals surface area contributed by atoms with Crippen molar-refractivity contribution in [3.8, 4) is 6.07 Å². The standard InChI is InChI=1S/C29H38N10O2/c1-3-25(40)39-11-8-21(19-39)33-28-24(18-30)34-26(27(31)41)29(35-28)32-20-4-6-22(7-5-20)37-12-9-23(10-13-37)38-16-14-36(2)15-17-38/h3-7,21,23H,1,8-17,19H2,2H3,(H2,31,41)(H2,32,33,35)/t21-/m1/s1. The number of carbonyl (C=O) groups excluding carboxylic acids is 2. The zero-order valence-electron chi connectivity index (χ0n) is 23.6. The number of nitrogens with zero attached hydrogens (tertiary/aromatic N) is 7. The van der Waals surface area contributed by atoms with Crippen LogP contribution in [-0.2, 0) is 4.79 Å². The van der Waals surface area contributed by atoms with Crippen molar-refractivity contribution in [1.29, 1.82) is 5.26 Å². The Hall–Kier alpha value is -4.21. The average Bonchev–Trinajstić information content (AvgIpc) is 3.46. The fourth-order valence-electron chi connectivity index (χ4n) is 5.84. The van der Waals surface area contributed by atoms with Gasteiger partial charge in [0.05, 0.1) is 0 Å². The number of aromatic nitrogens is 2. The van der Waals surface area contributed by atoms with Crippen molar-refractivity contribution in [2.75, 3.05) is 74.9 Å². The van der Waals surface area contributed by atoms with E-state index >= 15 is 0 Å². The molecule has 5 rings (SSSR count). The Morgan fingerprint density at radius 2 is 1.73 bits per heavy atom. The third-order valence-electron chi connectivity index (χ3n) is 8.26. The number of amides is 2. The predicted molar refractivity (Wildman–Crippen MR) is 158 cm³/mol. The number of hydrogen-bond donors (Lipinski definition) is 3. The SMILES string of the molecule is C=CC(=O)N1CC[C@@H](Nc2nc(Nc3ccc(N4CCC(N5CCN(C)CC5)CC4)cc3)c(C(N)=O)nc2C#N)C1. The number of primary amides is 1. The van der Waals surface area contributed by atoms with E-state index in [4.69, 9.17) is 5.73 Å². The second-order valence-corrected chi connectivity index (χ2v) is 10.9. The molecule has 3 aliphatic rings. The van der Waals surface area contributed by atoms with Crippen LogP contribution in [0.5, 0.6) is 0 Å². The molecule has 216 valence electrons. The molecule has 12 nitrogen and oxygen atoms in total. The van der Waals surface area contributed by atoms with Crippen molar-refractivity contribution in [2.45, 2.75) is 31.3 Å². The number of anilines is 4. The van der Waals surface area contributed by atoms with Gasteiger partial charge in [0.1, 0.15) is 6.07 Å². The lowest BCUT2D eigenvalue weighted by molar-refractivity contribution is -0.125. The highest BCUT2D eigenvalue weighted by Crippen LogP contribution is 2.27. The summed E-state index contributed by atoms with van der Waals surface area (Å²) in [5.41, 5.74) is 7.31. The summed E-state index contributed by atoms with van der Waals surface area (Å²) in [5, 5.41) is 16.0. The molecule has 3 fully saturated rings. The smallest absolute Gasteiger partial charge is 0.271 e. The summed E-state index contributed by atoms with van der Waals surface area (Å²) in [6.45, 7) is 11.2. The zero-order chi connectivity index (χ0) is 28.9. The molecule has 1 atom stereocenters. The number of benzene rings is 1. The van der Waals surface area contributed by atoms with E-state index in [-0.39, 0.29) is 35.0 Å². The van der Waals surface area contributed by atoms with Gasteiger partial charge in [-0.2, -0.15) is 5.26 Å². The van der Waals surface area contributed by atoms with Gasteiger partial charge in [-0.15, -0.1) is 0 Å². The molecule has 4 N–H and O–H groups in total. The Balaban J connectivity index is 1.25. The normalized spacial score (nSPS) is 20.4. The Bertz CT molecular complexity index is 1310. The molecule has 0 aliphatic carbocycles. The van der Waals surface area contributed by atoms with Crippen LogP contribution in [0.4, 0.5) is 23.0 Å². The first-order chi connectivity index (χ1) is 19.8. The molecule has 4 heterocycles. The van der Waals surface area contributed by atoms with Gasteiger partial charge in [-0.05, 0) is 56.7 Å². The third kappa shape index (κ3) is 6.58. The monoisotopic (exact) mass is 558 g/mol. The Morgan fingerprint density at radius 3 is 2.37 bits per heavy atom. The number of rotatable bonds is 8. The van der Waals surface area contributed by atoms with Crippen molar-refractivity contribution in [3.63, 3.8) is 0 Å². The van der Waals surface area contributed by atoms with Gasteiger partial charge < -0.3 is 31.1 Å². The fourth-order valence-corrected chi connectivity index (χ4v) is 5.84. The molecule has 0 unspecified atom stereocenters. The third-order valence-corrected chi connectivity index (χ3v) is 8.26. The molecule has 1 aromatic carbocycles. The van der Waals surface area contributed by atoms with Crippen molar-refractivity contribution in [2.24, 2.45) is 5.73 Å². The quantitative estimate of drug-likeness (QED) is 0.408. The van der Waals surface area contributed by atoms with Crippen molar-refractivity contribution < 1.29 is 9.59 Å². The van der Waals surface area contributed by atoms with E-state index in [1.54, 1.807) is 4.90 Å². The largest absolute Gasteiger partial charge is 0.371 e. The summed E-state index contributed by atoms with van der Waals surface area (Å²) in [4.78, 5) is 42.0. The molecule has 41 heavy (non-hydrogen) atoms. The summed E-state index contributed by atoms with van der Waals surface area (Å²) < 4.78 is 0. The highest BCUT2D eigenvalue weighted by atomic mass is 16.2. The Labute approximate surface area is 240 Å². The molecule has 2 aromatic rings. The minimum Gasteiger partial charge on any atom is -0.371 e. The molecule has 3 aliphatic heterocycles. The van der Waals surface area contributed by atoms with Crippen LogP contribution < -0.4 is 21.3 Å². The Kier molecular flexibility index (Phi) is 8.66. The van der Waals surface area contributed by atoms with Crippen LogP contribution in [0.15, 0.2) is 36.9 Å². The van der Waals surface area contributed by atoms with Gasteiger partial charge in [0, 0.05) is 75.8 Å². The second-order valence-electron chi connectivity index (χ2n) is 10.9. The average molecular weight is 559 g/mol. The first-order valence-electron chi connectivity index (χ1n) is 14.2. The summed E-state index contributed by atoms with van der Waals surface area (Å²) >= 11 is 0. The van der Waals surface area contributed by atoms with Crippen LogP contribution in [0.1, 0.15) is 35.4 Å². The fraction of sp³-hybridized carbons (Fsp3) is 0.483. The minimum absolute atomic E-state index is 0.0341. The lowest BCUT2D eigenvalue weighted by atomic mass is 10.0. The summed E-state index contributed by atoms with van der Waals surface area (Å²) in [5.74, 6) is -0.531. The predicted octanol–water partition coefficient (Wildman–Crippen LogP) is 1.61. The van der Waals surface area contributed by atoms with Crippen LogP contribution in [0, 0.1) is 11.3 Å². The maximum absolute atomic E-state index is 12.2. The van der Waals surface area contributed by atoms with Crippen LogP contribution in [0.2, 0.25) is 0 Å².